The summed E-state index contributed by atoms with van der Waals surface area (Å²) in [5.74, 6) is 2.33. The van der Waals surface area contributed by atoms with Gasteiger partial charge in [0.2, 0.25) is 0 Å². The zero-order valence-corrected chi connectivity index (χ0v) is 16.1. The molecule has 2 N–H and O–H groups in total. The van der Waals surface area contributed by atoms with Crippen LogP contribution >= 0.6 is 24.0 Å². The van der Waals surface area contributed by atoms with E-state index >= 15 is 0 Å². The van der Waals surface area contributed by atoms with Crippen molar-refractivity contribution in [2.75, 3.05) is 33.2 Å². The van der Waals surface area contributed by atoms with Crippen molar-refractivity contribution in [3.63, 3.8) is 0 Å². The minimum atomic E-state index is 0. The molecule has 1 heterocycles. The van der Waals surface area contributed by atoms with Gasteiger partial charge in [-0.1, -0.05) is 13.8 Å². The van der Waals surface area contributed by atoms with Crippen molar-refractivity contribution in [1.82, 2.24) is 15.5 Å². The van der Waals surface area contributed by atoms with Crippen LogP contribution in [-0.4, -0.2) is 50.1 Å². The first-order valence-corrected chi connectivity index (χ1v) is 7.71. The van der Waals surface area contributed by atoms with E-state index in [2.05, 4.69) is 48.2 Å². The Hall–Kier alpha value is -0.0400. The zero-order valence-electron chi connectivity index (χ0n) is 13.8. The Morgan fingerprint density at radius 3 is 2.50 bits per heavy atom. The molecular formula is C15H33IN4. The molecule has 4 nitrogen and oxygen atoms in total. The second-order valence-corrected chi connectivity index (χ2v) is 6.32. The molecule has 0 aromatic rings. The van der Waals surface area contributed by atoms with E-state index in [1.807, 2.05) is 7.05 Å². The van der Waals surface area contributed by atoms with Crippen LogP contribution in [-0.2, 0) is 0 Å². The van der Waals surface area contributed by atoms with E-state index in [0.717, 1.165) is 25.0 Å². The Bertz CT molecular complexity index is 279. The summed E-state index contributed by atoms with van der Waals surface area (Å²) in [5.41, 5.74) is 0. The summed E-state index contributed by atoms with van der Waals surface area (Å²) in [6, 6.07) is 0.668. The molecule has 1 rings (SSSR count). The van der Waals surface area contributed by atoms with Crippen LogP contribution in [0.4, 0.5) is 0 Å². The van der Waals surface area contributed by atoms with Crippen LogP contribution in [0.1, 0.15) is 40.5 Å². The largest absolute Gasteiger partial charge is 0.356 e. The Labute approximate surface area is 142 Å². The standard InChI is InChI=1S/C15H32N4.HI/c1-12(2)9-17-15(16-5)18-10-14-7-6-8-19(11-14)13(3)4;/h12-14H,6-11H2,1-5H3,(H2,16,17,18);1H. The molecule has 1 unspecified atom stereocenters. The molecule has 1 aliphatic rings. The summed E-state index contributed by atoms with van der Waals surface area (Å²) < 4.78 is 0. The number of aliphatic imine (C=N–C) groups is 1. The molecule has 0 bridgehead atoms. The molecule has 0 aromatic heterocycles. The van der Waals surface area contributed by atoms with Gasteiger partial charge in [-0.25, -0.2) is 0 Å². The number of likely N-dealkylation sites (tertiary alicyclic amines) is 1. The predicted octanol–water partition coefficient (Wildman–Crippen LogP) is 2.55. The molecule has 0 radical (unpaired) electrons. The molecule has 0 saturated carbocycles. The monoisotopic (exact) mass is 396 g/mol. The molecule has 0 aromatic carbocycles. The first-order chi connectivity index (χ1) is 9.02. The fourth-order valence-corrected chi connectivity index (χ4v) is 2.50. The molecule has 5 heteroatoms. The van der Waals surface area contributed by atoms with Crippen LogP contribution in [0.3, 0.4) is 0 Å². The predicted molar refractivity (Wildman–Crippen MR) is 99.1 cm³/mol. The number of hydrogen-bond acceptors (Lipinski definition) is 2. The summed E-state index contributed by atoms with van der Waals surface area (Å²) in [4.78, 5) is 6.86. The SMILES string of the molecule is CN=C(NCC(C)C)NCC1CCCN(C(C)C)C1.I. The Morgan fingerprint density at radius 1 is 1.25 bits per heavy atom. The third-order valence-corrected chi connectivity index (χ3v) is 3.74. The highest BCUT2D eigenvalue weighted by Gasteiger charge is 2.21. The summed E-state index contributed by atoms with van der Waals surface area (Å²) in [6.07, 6.45) is 2.65. The van der Waals surface area contributed by atoms with Gasteiger partial charge >= 0.3 is 0 Å². The lowest BCUT2D eigenvalue weighted by Crippen LogP contribution is -2.46. The van der Waals surface area contributed by atoms with Crippen molar-refractivity contribution in [2.24, 2.45) is 16.8 Å². The van der Waals surface area contributed by atoms with E-state index in [1.165, 1.54) is 25.9 Å². The van der Waals surface area contributed by atoms with E-state index in [9.17, 15) is 0 Å². The number of nitrogens with zero attached hydrogens (tertiary/aromatic N) is 2. The van der Waals surface area contributed by atoms with Gasteiger partial charge in [0.05, 0.1) is 0 Å². The van der Waals surface area contributed by atoms with Crippen molar-refractivity contribution >= 4 is 29.9 Å². The van der Waals surface area contributed by atoms with Gasteiger partial charge < -0.3 is 15.5 Å². The van der Waals surface area contributed by atoms with Crippen LogP contribution < -0.4 is 10.6 Å². The number of piperidine rings is 1. The van der Waals surface area contributed by atoms with Crippen LogP contribution in [0.25, 0.3) is 0 Å². The summed E-state index contributed by atoms with van der Waals surface area (Å²) in [6.45, 7) is 13.5. The molecule has 0 spiro atoms. The first kappa shape index (κ1) is 20.0. The fraction of sp³-hybridized carbons (Fsp3) is 0.933. The van der Waals surface area contributed by atoms with Crippen molar-refractivity contribution < 1.29 is 0 Å². The average molecular weight is 396 g/mol. The molecule has 0 aliphatic carbocycles. The maximum Gasteiger partial charge on any atom is 0.190 e. The Morgan fingerprint density at radius 2 is 1.95 bits per heavy atom. The van der Waals surface area contributed by atoms with Gasteiger partial charge in [-0.05, 0) is 45.1 Å². The van der Waals surface area contributed by atoms with E-state index in [1.54, 1.807) is 0 Å². The molecule has 120 valence electrons. The lowest BCUT2D eigenvalue weighted by atomic mass is 9.97. The zero-order chi connectivity index (χ0) is 14.3. The van der Waals surface area contributed by atoms with E-state index < -0.39 is 0 Å². The van der Waals surface area contributed by atoms with Gasteiger partial charge in [0.25, 0.3) is 0 Å². The first-order valence-electron chi connectivity index (χ1n) is 7.71. The number of rotatable bonds is 5. The fourth-order valence-electron chi connectivity index (χ4n) is 2.50. The topological polar surface area (TPSA) is 39.7 Å². The summed E-state index contributed by atoms with van der Waals surface area (Å²) in [7, 11) is 1.84. The number of nitrogens with one attached hydrogen (secondary N) is 2. The third kappa shape index (κ3) is 7.67. The van der Waals surface area contributed by atoms with E-state index in [-0.39, 0.29) is 24.0 Å². The smallest absolute Gasteiger partial charge is 0.190 e. The van der Waals surface area contributed by atoms with Crippen LogP contribution in [0.2, 0.25) is 0 Å². The summed E-state index contributed by atoms with van der Waals surface area (Å²) >= 11 is 0. The second kappa shape index (κ2) is 10.7. The normalized spacial score (nSPS) is 20.9. The Balaban J connectivity index is 0.00000361. The van der Waals surface area contributed by atoms with Gasteiger partial charge in [-0.2, -0.15) is 0 Å². The van der Waals surface area contributed by atoms with Crippen molar-refractivity contribution in [3.05, 3.63) is 0 Å². The molecule has 1 saturated heterocycles. The minimum Gasteiger partial charge on any atom is -0.356 e. The minimum absolute atomic E-state index is 0. The van der Waals surface area contributed by atoms with E-state index in [4.69, 9.17) is 0 Å². The van der Waals surface area contributed by atoms with Gasteiger partial charge in [-0.3, -0.25) is 4.99 Å². The van der Waals surface area contributed by atoms with E-state index in [0.29, 0.717) is 12.0 Å². The van der Waals surface area contributed by atoms with Gasteiger partial charge in [0.15, 0.2) is 5.96 Å². The quantitative estimate of drug-likeness (QED) is 0.426. The summed E-state index contributed by atoms with van der Waals surface area (Å²) in [5, 5.41) is 6.83. The lowest BCUT2D eigenvalue weighted by Gasteiger charge is -2.35. The molecular weight excluding hydrogens is 363 g/mol. The van der Waals surface area contributed by atoms with Gasteiger partial charge in [0.1, 0.15) is 0 Å². The maximum atomic E-state index is 4.28. The molecule has 1 atom stereocenters. The number of halogens is 1. The molecule has 1 fully saturated rings. The van der Waals surface area contributed by atoms with Gasteiger partial charge in [0, 0.05) is 32.7 Å². The average Bonchev–Trinajstić information content (AvgIpc) is 2.39. The molecule has 1 aliphatic heterocycles. The third-order valence-electron chi connectivity index (χ3n) is 3.74. The van der Waals surface area contributed by atoms with Crippen molar-refractivity contribution in [2.45, 2.75) is 46.6 Å². The van der Waals surface area contributed by atoms with Crippen LogP contribution in [0.5, 0.6) is 0 Å². The second-order valence-electron chi connectivity index (χ2n) is 6.32. The van der Waals surface area contributed by atoms with Crippen molar-refractivity contribution in [3.8, 4) is 0 Å². The molecule has 0 amide bonds. The van der Waals surface area contributed by atoms with Gasteiger partial charge in [-0.15, -0.1) is 24.0 Å². The highest BCUT2D eigenvalue weighted by Crippen LogP contribution is 2.17. The highest BCUT2D eigenvalue weighted by atomic mass is 127. The van der Waals surface area contributed by atoms with Crippen molar-refractivity contribution in [1.29, 1.82) is 0 Å². The van der Waals surface area contributed by atoms with Crippen LogP contribution in [0, 0.1) is 11.8 Å². The van der Waals surface area contributed by atoms with Crippen LogP contribution in [0.15, 0.2) is 4.99 Å². The lowest BCUT2D eigenvalue weighted by molar-refractivity contribution is 0.141. The molecule has 20 heavy (non-hydrogen) atoms. The Kier molecular flexibility index (Phi) is 10.6. The maximum absolute atomic E-state index is 4.28. The highest BCUT2D eigenvalue weighted by molar-refractivity contribution is 14.0. The number of guanidine groups is 1. The number of hydrogen-bond donors (Lipinski definition) is 2.